The molecule has 1 aromatic carbocycles. The molecule has 0 amide bonds. The molecule has 5 nitrogen and oxygen atoms in total. The van der Waals surface area contributed by atoms with Gasteiger partial charge in [-0.25, -0.2) is 4.98 Å². The second kappa shape index (κ2) is 5.68. The number of hydrogen-bond acceptors (Lipinski definition) is 4. The van der Waals surface area contributed by atoms with Crippen LogP contribution in [0.1, 0.15) is 6.42 Å². The Hall–Kier alpha value is -2.95. The van der Waals surface area contributed by atoms with Gasteiger partial charge < -0.3 is 19.6 Å². The molecule has 0 radical (unpaired) electrons. The molecule has 0 atom stereocenters. The van der Waals surface area contributed by atoms with Crippen LogP contribution in [0.4, 0.5) is 5.82 Å². The molecule has 23 heavy (non-hydrogen) atoms. The Morgan fingerprint density at radius 1 is 1.26 bits per heavy atom. The molecular weight excluding hydrogens is 290 g/mol. The van der Waals surface area contributed by atoms with E-state index in [-0.39, 0.29) is 5.75 Å². The molecule has 1 aliphatic rings. The molecule has 0 aliphatic carbocycles. The lowest BCUT2D eigenvalue weighted by Crippen LogP contribution is -2.07. The highest BCUT2D eigenvalue weighted by atomic mass is 16.5. The number of phenols is 1. The van der Waals surface area contributed by atoms with E-state index >= 15 is 0 Å². The lowest BCUT2D eigenvalue weighted by atomic mass is 10.1. The van der Waals surface area contributed by atoms with Crippen LogP contribution in [0.25, 0.3) is 16.8 Å². The molecule has 0 saturated heterocycles. The van der Waals surface area contributed by atoms with Crippen molar-refractivity contribution in [3.05, 3.63) is 60.6 Å². The smallest absolute Gasteiger partial charge is 0.150 e. The van der Waals surface area contributed by atoms with E-state index in [1.165, 1.54) is 0 Å². The van der Waals surface area contributed by atoms with Gasteiger partial charge in [-0.3, -0.25) is 0 Å². The maximum atomic E-state index is 9.69. The summed E-state index contributed by atoms with van der Waals surface area (Å²) in [5.74, 6) is 2.04. The van der Waals surface area contributed by atoms with Gasteiger partial charge in [0, 0.05) is 24.4 Å². The summed E-state index contributed by atoms with van der Waals surface area (Å²) in [6.45, 7) is 1.40. The van der Waals surface area contributed by atoms with Crippen molar-refractivity contribution in [2.45, 2.75) is 6.42 Å². The predicted molar refractivity (Wildman–Crippen MR) is 89.4 cm³/mol. The number of hydrogen-bond donors (Lipinski definition) is 2. The maximum absolute atomic E-state index is 9.69. The standard InChI is InChI=1S/C18H17N3O2/c22-14-4-1-3-13(11-14)16-6-7-17-18(19-8-9-21(16)17)20-12-15-5-2-10-23-15/h1,3-9,11,22H,2,10,12H2,(H,19,20). The summed E-state index contributed by atoms with van der Waals surface area (Å²) >= 11 is 0. The monoisotopic (exact) mass is 307 g/mol. The van der Waals surface area contributed by atoms with Crippen LogP contribution in [0.5, 0.6) is 5.75 Å². The first kappa shape index (κ1) is 13.7. The number of anilines is 1. The Kier molecular flexibility index (Phi) is 3.38. The van der Waals surface area contributed by atoms with Crippen molar-refractivity contribution in [2.24, 2.45) is 0 Å². The summed E-state index contributed by atoms with van der Waals surface area (Å²) in [6.07, 6.45) is 6.77. The van der Waals surface area contributed by atoms with Gasteiger partial charge in [0.25, 0.3) is 0 Å². The summed E-state index contributed by atoms with van der Waals surface area (Å²) < 4.78 is 7.57. The third-order valence-corrected chi connectivity index (χ3v) is 3.93. The van der Waals surface area contributed by atoms with Crippen LogP contribution in [0.2, 0.25) is 0 Å². The number of benzene rings is 1. The fourth-order valence-electron chi connectivity index (χ4n) is 2.84. The average molecular weight is 307 g/mol. The summed E-state index contributed by atoms with van der Waals surface area (Å²) in [4.78, 5) is 4.43. The number of nitrogens with zero attached hydrogens (tertiary/aromatic N) is 2. The number of phenolic OH excluding ortho intramolecular Hbond substituents is 1. The number of ether oxygens (including phenoxy) is 1. The summed E-state index contributed by atoms with van der Waals surface area (Å²) in [7, 11) is 0. The molecule has 0 bridgehead atoms. The first-order chi connectivity index (χ1) is 11.3. The normalized spacial score (nSPS) is 13.8. The van der Waals surface area contributed by atoms with Crippen molar-refractivity contribution in [1.82, 2.24) is 9.38 Å². The fourth-order valence-corrected chi connectivity index (χ4v) is 2.84. The van der Waals surface area contributed by atoms with Crippen molar-refractivity contribution in [2.75, 3.05) is 18.5 Å². The Balaban J connectivity index is 1.68. The highest BCUT2D eigenvalue weighted by Gasteiger charge is 2.10. The van der Waals surface area contributed by atoms with Crippen molar-refractivity contribution in [3.63, 3.8) is 0 Å². The van der Waals surface area contributed by atoms with Crippen LogP contribution in [-0.2, 0) is 4.74 Å². The zero-order valence-corrected chi connectivity index (χ0v) is 12.6. The minimum atomic E-state index is 0.259. The van der Waals surface area contributed by atoms with Gasteiger partial charge in [0.15, 0.2) is 5.82 Å². The second-order valence-electron chi connectivity index (χ2n) is 5.46. The van der Waals surface area contributed by atoms with Gasteiger partial charge >= 0.3 is 0 Å². The molecule has 0 saturated carbocycles. The van der Waals surface area contributed by atoms with Gasteiger partial charge in [-0.15, -0.1) is 0 Å². The Morgan fingerprint density at radius 2 is 2.22 bits per heavy atom. The van der Waals surface area contributed by atoms with E-state index in [0.717, 1.165) is 41.4 Å². The molecule has 2 N–H and O–H groups in total. The summed E-state index contributed by atoms with van der Waals surface area (Å²) in [5.41, 5.74) is 2.96. The SMILES string of the molecule is Oc1cccc(-c2ccc3c(NCC4=CCCO4)nccn23)c1. The molecule has 0 spiro atoms. The first-order valence-corrected chi connectivity index (χ1v) is 7.62. The van der Waals surface area contributed by atoms with Crippen molar-refractivity contribution < 1.29 is 9.84 Å². The largest absolute Gasteiger partial charge is 0.508 e. The Labute approximate surface area is 133 Å². The van der Waals surface area contributed by atoms with Crippen LogP contribution >= 0.6 is 0 Å². The van der Waals surface area contributed by atoms with Crippen LogP contribution in [0.15, 0.2) is 60.6 Å². The molecule has 2 aromatic heterocycles. The molecule has 4 rings (SSSR count). The van der Waals surface area contributed by atoms with E-state index < -0.39 is 0 Å². The third-order valence-electron chi connectivity index (χ3n) is 3.93. The minimum Gasteiger partial charge on any atom is -0.508 e. The lowest BCUT2D eigenvalue weighted by molar-refractivity contribution is 0.243. The van der Waals surface area contributed by atoms with E-state index in [0.29, 0.717) is 6.54 Å². The Morgan fingerprint density at radius 3 is 3.04 bits per heavy atom. The van der Waals surface area contributed by atoms with Crippen LogP contribution < -0.4 is 5.32 Å². The van der Waals surface area contributed by atoms with Gasteiger partial charge in [0.2, 0.25) is 0 Å². The van der Waals surface area contributed by atoms with Gasteiger partial charge in [-0.05, 0) is 30.3 Å². The number of aromatic hydroxyl groups is 1. The number of fused-ring (bicyclic) bond motifs is 1. The molecule has 116 valence electrons. The Bertz CT molecular complexity index is 883. The average Bonchev–Trinajstić information content (AvgIpc) is 3.22. The lowest BCUT2D eigenvalue weighted by Gasteiger charge is -2.10. The van der Waals surface area contributed by atoms with E-state index in [1.807, 2.05) is 30.5 Å². The second-order valence-corrected chi connectivity index (χ2v) is 5.46. The highest BCUT2D eigenvalue weighted by molar-refractivity contribution is 5.75. The zero-order valence-electron chi connectivity index (χ0n) is 12.6. The molecule has 3 aromatic rings. The molecule has 3 heterocycles. The minimum absolute atomic E-state index is 0.259. The number of aromatic nitrogens is 2. The van der Waals surface area contributed by atoms with Gasteiger partial charge in [-0.2, -0.15) is 0 Å². The number of rotatable bonds is 4. The molecule has 0 fully saturated rings. The van der Waals surface area contributed by atoms with E-state index in [9.17, 15) is 5.11 Å². The van der Waals surface area contributed by atoms with E-state index in [1.54, 1.807) is 18.3 Å². The van der Waals surface area contributed by atoms with Crippen molar-refractivity contribution >= 4 is 11.3 Å². The molecule has 5 heteroatoms. The van der Waals surface area contributed by atoms with Crippen LogP contribution in [0, 0.1) is 0 Å². The first-order valence-electron chi connectivity index (χ1n) is 7.62. The third kappa shape index (κ3) is 2.61. The maximum Gasteiger partial charge on any atom is 0.150 e. The van der Waals surface area contributed by atoms with Crippen LogP contribution in [0.3, 0.4) is 0 Å². The topological polar surface area (TPSA) is 58.8 Å². The van der Waals surface area contributed by atoms with Gasteiger partial charge in [0.05, 0.1) is 24.4 Å². The number of nitrogens with one attached hydrogen (secondary N) is 1. The van der Waals surface area contributed by atoms with Gasteiger partial charge in [-0.1, -0.05) is 12.1 Å². The quantitative estimate of drug-likeness (QED) is 0.775. The molecular formula is C18H17N3O2. The zero-order chi connectivity index (χ0) is 15.6. The van der Waals surface area contributed by atoms with Gasteiger partial charge in [0.1, 0.15) is 11.5 Å². The van der Waals surface area contributed by atoms with Crippen molar-refractivity contribution in [1.29, 1.82) is 0 Å². The highest BCUT2D eigenvalue weighted by Crippen LogP contribution is 2.27. The fraction of sp³-hybridized carbons (Fsp3) is 0.167. The molecule has 1 aliphatic heterocycles. The summed E-state index contributed by atoms with van der Waals surface area (Å²) in [5, 5.41) is 13.0. The predicted octanol–water partition coefficient (Wildman–Crippen LogP) is 3.42. The van der Waals surface area contributed by atoms with Crippen LogP contribution in [-0.4, -0.2) is 27.6 Å². The van der Waals surface area contributed by atoms with E-state index in [4.69, 9.17) is 4.74 Å². The molecule has 0 unspecified atom stereocenters. The van der Waals surface area contributed by atoms with E-state index in [2.05, 4.69) is 20.8 Å². The van der Waals surface area contributed by atoms with Crippen molar-refractivity contribution in [3.8, 4) is 17.0 Å². The summed E-state index contributed by atoms with van der Waals surface area (Å²) in [6, 6.07) is 11.3.